The molecule has 0 radical (unpaired) electrons. The number of aromatic nitrogens is 2. The van der Waals surface area contributed by atoms with Crippen molar-refractivity contribution in [1.82, 2.24) is 9.55 Å². The highest BCUT2D eigenvalue weighted by Crippen LogP contribution is 2.06. The maximum absolute atomic E-state index is 12.2. The zero-order chi connectivity index (χ0) is 13.7. The molecular formula is C12H19N3O3. The summed E-state index contributed by atoms with van der Waals surface area (Å²) in [6.07, 6.45) is 3.21. The molecule has 0 amide bonds. The minimum Gasteiger partial charge on any atom is -0.468 e. The molecule has 0 aromatic carbocycles. The predicted octanol–water partition coefficient (Wildman–Crippen LogP) is 0.823. The first kappa shape index (κ1) is 14.2. The Bertz CT molecular complexity index is 468. The summed E-state index contributed by atoms with van der Waals surface area (Å²) in [7, 11) is 1.32. The highest BCUT2D eigenvalue weighted by molar-refractivity contribution is 5.75. The van der Waals surface area contributed by atoms with Crippen molar-refractivity contribution in [3.05, 3.63) is 22.7 Å². The molecule has 1 rings (SSSR count). The van der Waals surface area contributed by atoms with Crippen molar-refractivity contribution in [2.45, 2.75) is 26.8 Å². The van der Waals surface area contributed by atoms with Crippen LogP contribution in [0.5, 0.6) is 0 Å². The molecule has 1 aromatic heterocycles. The van der Waals surface area contributed by atoms with Gasteiger partial charge in [0.15, 0.2) is 5.82 Å². The molecule has 100 valence electrons. The summed E-state index contributed by atoms with van der Waals surface area (Å²) in [6.45, 7) is 6.23. The van der Waals surface area contributed by atoms with E-state index < -0.39 is 5.97 Å². The average molecular weight is 253 g/mol. The maximum atomic E-state index is 12.2. The van der Waals surface area contributed by atoms with Gasteiger partial charge >= 0.3 is 5.97 Å². The molecule has 0 aliphatic rings. The van der Waals surface area contributed by atoms with Gasteiger partial charge in [0.1, 0.15) is 6.54 Å². The topological polar surface area (TPSA) is 64.4 Å². The van der Waals surface area contributed by atoms with Gasteiger partial charge in [-0.1, -0.05) is 0 Å². The molecule has 0 saturated carbocycles. The summed E-state index contributed by atoms with van der Waals surface area (Å²) >= 11 is 0. The van der Waals surface area contributed by atoms with Crippen LogP contribution in [-0.2, 0) is 9.53 Å². The van der Waals surface area contributed by atoms with Crippen molar-refractivity contribution in [1.29, 1.82) is 0 Å². The lowest BCUT2D eigenvalue weighted by atomic mass is 10.3. The van der Waals surface area contributed by atoms with Crippen molar-refractivity contribution in [3.8, 4) is 0 Å². The number of likely N-dealkylation sites (N-methyl/N-ethyl adjacent to an activating group) is 1. The standard InChI is InChI=1S/C12H19N3O3/c1-5-14(8-10(16)18-4)11-12(17)15(9(2)3)7-6-13-11/h6-7,9H,5,8H2,1-4H3. The van der Waals surface area contributed by atoms with Crippen LogP contribution in [0.3, 0.4) is 0 Å². The Kier molecular flexibility index (Phi) is 4.88. The molecule has 0 saturated heterocycles. The molecule has 0 bridgehead atoms. The van der Waals surface area contributed by atoms with E-state index in [9.17, 15) is 9.59 Å². The first-order valence-electron chi connectivity index (χ1n) is 5.90. The number of esters is 1. The van der Waals surface area contributed by atoms with Crippen LogP contribution in [0.25, 0.3) is 0 Å². The highest BCUT2D eigenvalue weighted by Gasteiger charge is 2.16. The van der Waals surface area contributed by atoms with Gasteiger partial charge in [-0.25, -0.2) is 4.98 Å². The van der Waals surface area contributed by atoms with Gasteiger partial charge in [-0.15, -0.1) is 0 Å². The van der Waals surface area contributed by atoms with E-state index in [0.29, 0.717) is 6.54 Å². The number of anilines is 1. The Morgan fingerprint density at radius 1 is 1.56 bits per heavy atom. The van der Waals surface area contributed by atoms with Crippen LogP contribution in [0.2, 0.25) is 0 Å². The minimum atomic E-state index is -0.391. The van der Waals surface area contributed by atoms with Crippen LogP contribution >= 0.6 is 0 Å². The Morgan fingerprint density at radius 3 is 2.72 bits per heavy atom. The van der Waals surface area contributed by atoms with Crippen molar-refractivity contribution < 1.29 is 9.53 Å². The molecule has 0 N–H and O–H groups in total. The third-order valence-corrected chi connectivity index (χ3v) is 2.64. The molecule has 1 aromatic rings. The number of rotatable bonds is 5. The average Bonchev–Trinajstić information content (AvgIpc) is 2.35. The Balaban J connectivity index is 3.10. The summed E-state index contributed by atoms with van der Waals surface area (Å²) in [6, 6.07) is 0.0519. The SMILES string of the molecule is CCN(CC(=O)OC)c1nccn(C(C)C)c1=O. The van der Waals surface area contributed by atoms with E-state index in [0.717, 1.165) is 0 Å². The summed E-state index contributed by atoms with van der Waals surface area (Å²) < 4.78 is 6.19. The van der Waals surface area contributed by atoms with Crippen molar-refractivity contribution in [2.24, 2.45) is 0 Å². The predicted molar refractivity (Wildman–Crippen MR) is 68.8 cm³/mol. The molecule has 1 heterocycles. The van der Waals surface area contributed by atoms with E-state index in [1.54, 1.807) is 21.9 Å². The van der Waals surface area contributed by atoms with Gasteiger partial charge in [0.25, 0.3) is 5.56 Å². The lowest BCUT2D eigenvalue weighted by molar-refractivity contribution is -0.138. The second-order valence-electron chi connectivity index (χ2n) is 4.15. The first-order valence-corrected chi connectivity index (χ1v) is 5.90. The largest absolute Gasteiger partial charge is 0.468 e. The number of carbonyl (C=O) groups is 1. The van der Waals surface area contributed by atoms with Crippen LogP contribution in [0.4, 0.5) is 5.82 Å². The summed E-state index contributed by atoms with van der Waals surface area (Å²) in [5, 5.41) is 0. The molecule has 18 heavy (non-hydrogen) atoms. The Morgan fingerprint density at radius 2 is 2.22 bits per heavy atom. The number of hydrogen-bond donors (Lipinski definition) is 0. The Hall–Kier alpha value is -1.85. The third kappa shape index (κ3) is 3.09. The zero-order valence-corrected chi connectivity index (χ0v) is 11.2. The van der Waals surface area contributed by atoms with Gasteiger partial charge in [-0.3, -0.25) is 9.59 Å². The van der Waals surface area contributed by atoms with E-state index in [1.807, 2.05) is 20.8 Å². The molecule has 6 nitrogen and oxygen atoms in total. The monoisotopic (exact) mass is 253 g/mol. The molecule has 0 unspecified atom stereocenters. The number of carbonyl (C=O) groups excluding carboxylic acids is 1. The summed E-state index contributed by atoms with van der Waals surface area (Å²) in [5.74, 6) is -0.114. The van der Waals surface area contributed by atoms with E-state index in [2.05, 4.69) is 9.72 Å². The quantitative estimate of drug-likeness (QED) is 0.727. The van der Waals surface area contributed by atoms with E-state index in [-0.39, 0.29) is 24.0 Å². The van der Waals surface area contributed by atoms with E-state index in [1.165, 1.54) is 7.11 Å². The third-order valence-electron chi connectivity index (χ3n) is 2.64. The number of nitrogens with zero attached hydrogens (tertiary/aromatic N) is 3. The normalized spacial score (nSPS) is 10.5. The second kappa shape index (κ2) is 6.18. The van der Waals surface area contributed by atoms with Crippen LogP contribution in [0.15, 0.2) is 17.2 Å². The molecule has 6 heteroatoms. The molecule has 0 fully saturated rings. The molecule has 0 aliphatic carbocycles. The smallest absolute Gasteiger partial charge is 0.325 e. The molecule has 0 aliphatic heterocycles. The van der Waals surface area contributed by atoms with Crippen LogP contribution in [-0.4, -0.2) is 35.7 Å². The molecule has 0 atom stereocenters. The van der Waals surface area contributed by atoms with Gasteiger partial charge in [0, 0.05) is 25.0 Å². The fraction of sp³-hybridized carbons (Fsp3) is 0.583. The van der Waals surface area contributed by atoms with E-state index in [4.69, 9.17) is 0 Å². The number of hydrogen-bond acceptors (Lipinski definition) is 5. The fourth-order valence-corrected chi connectivity index (χ4v) is 1.59. The van der Waals surface area contributed by atoms with Crippen molar-refractivity contribution in [2.75, 3.05) is 25.1 Å². The van der Waals surface area contributed by atoms with Gasteiger partial charge in [-0.2, -0.15) is 0 Å². The van der Waals surface area contributed by atoms with Crippen LogP contribution in [0, 0.1) is 0 Å². The van der Waals surface area contributed by atoms with Gasteiger partial charge in [0.2, 0.25) is 0 Å². The lowest BCUT2D eigenvalue weighted by Crippen LogP contribution is -2.37. The minimum absolute atomic E-state index is 0.0251. The number of ether oxygens (including phenoxy) is 1. The van der Waals surface area contributed by atoms with Gasteiger partial charge < -0.3 is 14.2 Å². The highest BCUT2D eigenvalue weighted by atomic mass is 16.5. The van der Waals surface area contributed by atoms with Gasteiger partial charge in [-0.05, 0) is 20.8 Å². The van der Waals surface area contributed by atoms with Crippen LogP contribution in [0.1, 0.15) is 26.8 Å². The zero-order valence-electron chi connectivity index (χ0n) is 11.2. The van der Waals surface area contributed by atoms with Gasteiger partial charge in [0.05, 0.1) is 7.11 Å². The van der Waals surface area contributed by atoms with Crippen LogP contribution < -0.4 is 10.5 Å². The maximum Gasteiger partial charge on any atom is 0.325 e. The lowest BCUT2D eigenvalue weighted by Gasteiger charge is -2.21. The summed E-state index contributed by atoms with van der Waals surface area (Å²) in [5.41, 5.74) is -0.196. The Labute approximate surface area is 106 Å². The first-order chi connectivity index (χ1) is 8.51. The van der Waals surface area contributed by atoms with Crippen molar-refractivity contribution in [3.63, 3.8) is 0 Å². The number of methoxy groups -OCH3 is 1. The fourth-order valence-electron chi connectivity index (χ4n) is 1.59. The van der Waals surface area contributed by atoms with E-state index >= 15 is 0 Å². The molecule has 0 spiro atoms. The molecular weight excluding hydrogens is 234 g/mol. The van der Waals surface area contributed by atoms with Crippen molar-refractivity contribution >= 4 is 11.8 Å². The second-order valence-corrected chi connectivity index (χ2v) is 4.15. The summed E-state index contributed by atoms with van der Waals surface area (Å²) in [4.78, 5) is 29.1.